The predicted octanol–water partition coefficient (Wildman–Crippen LogP) is 4.55. The van der Waals surface area contributed by atoms with Crippen molar-refractivity contribution in [3.05, 3.63) is 75.6 Å². The molecule has 186 valence electrons. The van der Waals surface area contributed by atoms with Crippen LogP contribution in [0, 0.1) is 0 Å². The van der Waals surface area contributed by atoms with Crippen LogP contribution in [-0.2, 0) is 35.8 Å². The van der Waals surface area contributed by atoms with Crippen molar-refractivity contribution in [1.82, 2.24) is 9.78 Å². The number of aromatic nitrogens is 2. The van der Waals surface area contributed by atoms with Crippen molar-refractivity contribution in [3.63, 3.8) is 0 Å². The number of alkyl halides is 3. The number of hydrogen-bond donors (Lipinski definition) is 0. The van der Waals surface area contributed by atoms with Crippen LogP contribution in [-0.4, -0.2) is 29.0 Å². The first-order chi connectivity index (χ1) is 16.5. The number of halogens is 3. The van der Waals surface area contributed by atoms with Gasteiger partial charge in [0.1, 0.15) is 29.5 Å². The van der Waals surface area contributed by atoms with Crippen LogP contribution < -0.4 is 14.9 Å². The number of aryl methyl sites for hydroxylation is 2. The zero-order valence-corrected chi connectivity index (χ0v) is 19.7. The molecule has 0 amide bonds. The van der Waals surface area contributed by atoms with Crippen molar-refractivity contribution in [2.24, 2.45) is 7.05 Å². The molecule has 3 rings (SSSR count). The highest BCUT2D eigenvalue weighted by Gasteiger charge is 2.34. The molecule has 3 aromatic rings. The van der Waals surface area contributed by atoms with E-state index in [1.54, 1.807) is 31.2 Å². The molecule has 0 N–H and O–H groups in total. The summed E-state index contributed by atoms with van der Waals surface area (Å²) in [6.07, 6.45) is -4.70. The first-order valence-electron chi connectivity index (χ1n) is 10.8. The van der Waals surface area contributed by atoms with E-state index in [9.17, 15) is 22.8 Å². The molecule has 1 atom stereocenters. The summed E-state index contributed by atoms with van der Waals surface area (Å²) in [5.74, 6) is 0.456. The number of carbonyl (C=O) groups excluding carboxylic acids is 1. The van der Waals surface area contributed by atoms with Crippen LogP contribution in [0.5, 0.6) is 11.5 Å². The number of methoxy groups -OCH3 is 1. The second-order valence-electron chi connectivity index (χ2n) is 7.76. The highest BCUT2D eigenvalue weighted by atomic mass is 19.4. The summed E-state index contributed by atoms with van der Waals surface area (Å²) >= 11 is 0. The first-order valence-corrected chi connectivity index (χ1v) is 10.8. The molecule has 1 aromatic heterocycles. The number of nitrogens with zero attached hydrogens (tertiary/aromatic N) is 2. The third kappa shape index (κ3) is 6.20. The Labute approximate surface area is 200 Å². The van der Waals surface area contributed by atoms with E-state index in [0.29, 0.717) is 33.4 Å². The fourth-order valence-corrected chi connectivity index (χ4v) is 3.33. The van der Waals surface area contributed by atoms with Crippen LogP contribution in [0.15, 0.2) is 53.3 Å². The summed E-state index contributed by atoms with van der Waals surface area (Å²) in [7, 11) is 2.42. The highest BCUT2D eigenvalue weighted by Crippen LogP contribution is 2.29. The molecule has 1 unspecified atom stereocenters. The van der Waals surface area contributed by atoms with Crippen molar-refractivity contribution in [3.8, 4) is 22.8 Å². The van der Waals surface area contributed by atoms with Gasteiger partial charge in [-0.3, -0.25) is 9.48 Å². The molecule has 0 radical (unpaired) electrons. The van der Waals surface area contributed by atoms with Gasteiger partial charge < -0.3 is 14.2 Å². The molecule has 0 spiro atoms. The topological polar surface area (TPSA) is 79.7 Å². The van der Waals surface area contributed by atoms with Crippen molar-refractivity contribution in [2.75, 3.05) is 7.11 Å². The van der Waals surface area contributed by atoms with E-state index < -0.39 is 29.4 Å². The number of ether oxygens (including phenoxy) is 3. The standard InChI is InChI=1S/C25H25F3N2O5/c1-5-16-6-7-18(21(12-16)35-15(2)24(32)33-4)14-34-19-10-8-17(9-11-19)23-20(31)13-22(25(26,27)28)30(3)29-23/h6-13,15H,5,14H2,1-4H3. The smallest absolute Gasteiger partial charge is 0.433 e. The Morgan fingerprint density at radius 3 is 2.40 bits per heavy atom. The van der Waals surface area contributed by atoms with Gasteiger partial charge in [0.2, 0.25) is 5.43 Å². The minimum Gasteiger partial charge on any atom is -0.489 e. The second kappa shape index (κ2) is 10.6. The molecule has 2 aromatic carbocycles. The van der Waals surface area contributed by atoms with Crippen molar-refractivity contribution in [2.45, 2.75) is 39.2 Å². The fraction of sp³-hybridized carbons (Fsp3) is 0.320. The lowest BCUT2D eigenvalue weighted by molar-refractivity contribution is -0.148. The maximum absolute atomic E-state index is 13.0. The predicted molar refractivity (Wildman–Crippen MR) is 122 cm³/mol. The Kier molecular flexibility index (Phi) is 7.83. The maximum Gasteiger partial charge on any atom is 0.433 e. The van der Waals surface area contributed by atoms with Crippen LogP contribution in [0.25, 0.3) is 11.3 Å². The lowest BCUT2D eigenvalue weighted by Gasteiger charge is -2.17. The SMILES string of the molecule is CCc1ccc(COc2ccc(-c3nn(C)c(C(F)(F)F)cc3=O)cc2)c(OC(C)C(=O)OC)c1. The first kappa shape index (κ1) is 25.8. The van der Waals surface area contributed by atoms with E-state index in [1.807, 2.05) is 25.1 Å². The van der Waals surface area contributed by atoms with Gasteiger partial charge in [-0.1, -0.05) is 19.1 Å². The van der Waals surface area contributed by atoms with Crippen LogP contribution in [0.2, 0.25) is 0 Å². The van der Waals surface area contributed by atoms with Gasteiger partial charge in [-0.2, -0.15) is 18.3 Å². The lowest BCUT2D eigenvalue weighted by Crippen LogP contribution is -2.25. The third-order valence-corrected chi connectivity index (χ3v) is 5.29. The average Bonchev–Trinajstić information content (AvgIpc) is 2.83. The Balaban J connectivity index is 1.78. The van der Waals surface area contributed by atoms with Crippen molar-refractivity contribution >= 4 is 5.97 Å². The minimum atomic E-state index is -4.68. The van der Waals surface area contributed by atoms with Gasteiger partial charge >= 0.3 is 12.1 Å². The fourth-order valence-electron chi connectivity index (χ4n) is 3.33. The van der Waals surface area contributed by atoms with Crippen LogP contribution >= 0.6 is 0 Å². The van der Waals surface area contributed by atoms with Crippen LogP contribution in [0.1, 0.15) is 30.7 Å². The molecule has 0 aliphatic rings. The molecule has 0 aliphatic heterocycles. The van der Waals surface area contributed by atoms with Crippen molar-refractivity contribution in [1.29, 1.82) is 0 Å². The quantitative estimate of drug-likeness (QED) is 0.431. The summed E-state index contributed by atoms with van der Waals surface area (Å²) in [5, 5.41) is 3.80. The Morgan fingerprint density at radius 1 is 1.11 bits per heavy atom. The molecule has 35 heavy (non-hydrogen) atoms. The lowest BCUT2D eigenvalue weighted by atomic mass is 10.1. The second-order valence-corrected chi connectivity index (χ2v) is 7.76. The monoisotopic (exact) mass is 490 g/mol. The van der Waals surface area contributed by atoms with Crippen LogP contribution in [0.3, 0.4) is 0 Å². The Bertz CT molecular complexity index is 1250. The Morgan fingerprint density at radius 2 is 1.80 bits per heavy atom. The molecule has 0 saturated carbocycles. The Hall–Kier alpha value is -3.82. The molecule has 0 fully saturated rings. The number of carbonyl (C=O) groups is 1. The van der Waals surface area contributed by atoms with Gasteiger partial charge in [0, 0.05) is 24.2 Å². The van der Waals surface area contributed by atoms with E-state index in [-0.39, 0.29) is 12.3 Å². The average molecular weight is 490 g/mol. The van der Waals surface area contributed by atoms with E-state index in [4.69, 9.17) is 14.2 Å². The maximum atomic E-state index is 13.0. The van der Waals surface area contributed by atoms with E-state index in [0.717, 1.165) is 19.0 Å². The number of hydrogen-bond acceptors (Lipinski definition) is 6. The largest absolute Gasteiger partial charge is 0.489 e. The van der Waals surface area contributed by atoms with E-state index in [2.05, 4.69) is 5.10 Å². The van der Waals surface area contributed by atoms with E-state index >= 15 is 0 Å². The molecule has 0 saturated heterocycles. The highest BCUT2D eigenvalue weighted by molar-refractivity contribution is 5.74. The summed E-state index contributed by atoms with van der Waals surface area (Å²) in [4.78, 5) is 24.0. The molecule has 0 aliphatic carbocycles. The molecular formula is C25H25F3N2O5. The zero-order valence-electron chi connectivity index (χ0n) is 19.7. The van der Waals surface area contributed by atoms with Gasteiger partial charge in [-0.05, 0) is 49.2 Å². The molecule has 7 nitrogen and oxygen atoms in total. The number of esters is 1. The summed E-state index contributed by atoms with van der Waals surface area (Å²) < 4.78 is 55.9. The van der Waals surface area contributed by atoms with Gasteiger partial charge in [0.25, 0.3) is 0 Å². The molecule has 10 heteroatoms. The van der Waals surface area contributed by atoms with Gasteiger partial charge in [-0.15, -0.1) is 0 Å². The molecule has 1 heterocycles. The van der Waals surface area contributed by atoms with Gasteiger partial charge in [0.05, 0.1) is 7.11 Å². The summed E-state index contributed by atoms with van der Waals surface area (Å²) in [6.45, 7) is 3.72. The van der Waals surface area contributed by atoms with E-state index in [1.165, 1.54) is 7.11 Å². The molecule has 0 bridgehead atoms. The minimum absolute atomic E-state index is 0.102. The summed E-state index contributed by atoms with van der Waals surface area (Å²) in [5.41, 5.74) is 0.0298. The van der Waals surface area contributed by atoms with Crippen molar-refractivity contribution < 1.29 is 32.2 Å². The third-order valence-electron chi connectivity index (χ3n) is 5.29. The van der Waals surface area contributed by atoms with Gasteiger partial charge in [0.15, 0.2) is 6.10 Å². The number of benzene rings is 2. The van der Waals surface area contributed by atoms with Gasteiger partial charge in [-0.25, -0.2) is 4.79 Å². The normalized spacial score (nSPS) is 12.2. The summed E-state index contributed by atoms with van der Waals surface area (Å²) in [6, 6.07) is 12.4. The zero-order chi connectivity index (χ0) is 25.8. The van der Waals surface area contributed by atoms with Crippen LogP contribution in [0.4, 0.5) is 13.2 Å². The number of rotatable bonds is 8. The molecular weight excluding hydrogens is 465 g/mol.